The molecule has 1 fully saturated rings. The summed E-state index contributed by atoms with van der Waals surface area (Å²) in [5.74, 6) is -6.01. The third-order valence-electron chi connectivity index (χ3n) is 8.47. The van der Waals surface area contributed by atoms with Gasteiger partial charge < -0.3 is 36.4 Å². The molecule has 1 amide bonds. The number of nitrogens with one attached hydrogen (secondary N) is 1. The van der Waals surface area contributed by atoms with Gasteiger partial charge in [0, 0.05) is 43.4 Å². The molecule has 1 aromatic rings. The van der Waals surface area contributed by atoms with Crippen LogP contribution in [0.25, 0.3) is 5.76 Å². The van der Waals surface area contributed by atoms with Crippen LogP contribution in [0.15, 0.2) is 23.0 Å². The number of hydrogen-bond donors (Lipinski definition) is 6. The van der Waals surface area contributed by atoms with E-state index in [1.165, 1.54) is 4.90 Å². The first-order chi connectivity index (χ1) is 18.6. The first-order valence-corrected chi connectivity index (χ1v) is 13.5. The van der Waals surface area contributed by atoms with Gasteiger partial charge in [0.25, 0.3) is 5.91 Å². The minimum Gasteiger partial charge on any atom is -0.508 e. The van der Waals surface area contributed by atoms with E-state index in [0.29, 0.717) is 23.6 Å². The molecule has 11 nitrogen and oxygen atoms in total. The third-order valence-corrected chi connectivity index (χ3v) is 8.47. The lowest BCUT2D eigenvalue weighted by Gasteiger charge is -2.50. The van der Waals surface area contributed by atoms with Crippen molar-refractivity contribution in [2.75, 3.05) is 39.6 Å². The van der Waals surface area contributed by atoms with Gasteiger partial charge in [-0.1, -0.05) is 13.8 Å². The first kappa shape index (κ1) is 29.6. The van der Waals surface area contributed by atoms with Crippen LogP contribution in [0, 0.1) is 17.8 Å². The van der Waals surface area contributed by atoms with Crippen molar-refractivity contribution in [3.63, 3.8) is 0 Å². The molecule has 7 N–H and O–H groups in total. The minimum absolute atomic E-state index is 0.0535. The number of hydrogen-bond acceptors (Lipinski definition) is 10. The number of likely N-dealkylation sites (N-methyl/N-ethyl adjacent to an activating group) is 1. The van der Waals surface area contributed by atoms with Crippen molar-refractivity contribution in [2.45, 2.75) is 51.3 Å². The SMILES string of the molecule is CC(C)CCNCc1cc(N(C)C)c2c(c1O)C(O)=C1C(=O)[C@]3(O)C(O)=C(C(N)=O)C(=O)C(N(C)C)[C@@H]3C[C@@H]1C2. The molecule has 0 aromatic heterocycles. The summed E-state index contributed by atoms with van der Waals surface area (Å²) < 4.78 is 0. The van der Waals surface area contributed by atoms with Gasteiger partial charge in [0.05, 0.1) is 11.6 Å². The summed E-state index contributed by atoms with van der Waals surface area (Å²) in [7, 11) is 6.85. The summed E-state index contributed by atoms with van der Waals surface area (Å²) in [5, 5.41) is 48.9. The highest BCUT2D eigenvalue weighted by molar-refractivity contribution is 6.24. The Kier molecular flexibility index (Phi) is 7.78. The number of ketones is 2. The third kappa shape index (κ3) is 4.46. The Bertz CT molecular complexity index is 1330. The molecule has 0 radical (unpaired) electrons. The number of primary amides is 1. The second-order valence-corrected chi connectivity index (χ2v) is 12.0. The van der Waals surface area contributed by atoms with Crippen molar-refractivity contribution in [3.8, 4) is 5.75 Å². The quantitative estimate of drug-likeness (QED) is 0.201. The molecular formula is C29H40N4O7. The van der Waals surface area contributed by atoms with E-state index in [2.05, 4.69) is 19.2 Å². The van der Waals surface area contributed by atoms with Crippen molar-refractivity contribution < 1.29 is 34.8 Å². The zero-order valence-electron chi connectivity index (χ0n) is 23.9. The number of carbonyl (C=O) groups is 3. The number of anilines is 1. The number of Topliss-reactive ketones (excluding diaryl/α,β-unsaturated/α-hetero) is 2. The molecule has 0 saturated heterocycles. The van der Waals surface area contributed by atoms with E-state index in [-0.39, 0.29) is 29.7 Å². The van der Waals surface area contributed by atoms with E-state index in [0.717, 1.165) is 18.7 Å². The maximum atomic E-state index is 14.0. The van der Waals surface area contributed by atoms with Gasteiger partial charge in [-0.15, -0.1) is 0 Å². The van der Waals surface area contributed by atoms with Crippen LogP contribution >= 0.6 is 0 Å². The number of phenols is 1. The Labute approximate surface area is 233 Å². The molecule has 0 spiro atoms. The van der Waals surface area contributed by atoms with E-state index in [4.69, 9.17) is 5.73 Å². The average Bonchev–Trinajstić information content (AvgIpc) is 2.84. The van der Waals surface area contributed by atoms with E-state index < -0.39 is 58.0 Å². The number of nitrogens with zero attached hydrogens (tertiary/aromatic N) is 2. The van der Waals surface area contributed by atoms with E-state index in [1.807, 2.05) is 25.1 Å². The highest BCUT2D eigenvalue weighted by Crippen LogP contribution is 2.54. The Balaban J connectivity index is 1.89. The maximum Gasteiger partial charge on any atom is 0.255 e. The van der Waals surface area contributed by atoms with Crippen LogP contribution in [-0.2, 0) is 27.3 Å². The number of benzene rings is 1. The molecule has 0 aliphatic heterocycles. The number of rotatable bonds is 8. The zero-order valence-corrected chi connectivity index (χ0v) is 23.9. The van der Waals surface area contributed by atoms with Gasteiger partial charge in [-0.2, -0.15) is 0 Å². The summed E-state index contributed by atoms with van der Waals surface area (Å²) in [6, 6.07) is 0.745. The average molecular weight is 557 g/mol. The Morgan fingerprint density at radius 3 is 2.38 bits per heavy atom. The summed E-state index contributed by atoms with van der Waals surface area (Å²) in [5.41, 5.74) is 3.78. The van der Waals surface area contributed by atoms with Gasteiger partial charge in [-0.25, -0.2) is 0 Å². The molecule has 0 heterocycles. The van der Waals surface area contributed by atoms with Crippen LogP contribution in [0.5, 0.6) is 5.75 Å². The smallest absolute Gasteiger partial charge is 0.255 e. The van der Waals surface area contributed by atoms with Crippen molar-refractivity contribution in [3.05, 3.63) is 39.7 Å². The van der Waals surface area contributed by atoms with Crippen LogP contribution in [-0.4, -0.2) is 89.2 Å². The number of amides is 1. The molecule has 0 bridgehead atoms. The second kappa shape index (κ2) is 10.5. The number of aliphatic hydroxyl groups excluding tert-OH is 2. The normalized spacial score (nSPS) is 26.3. The van der Waals surface area contributed by atoms with Crippen molar-refractivity contribution >= 4 is 28.9 Å². The van der Waals surface area contributed by atoms with E-state index in [9.17, 15) is 34.8 Å². The van der Waals surface area contributed by atoms with Crippen LogP contribution < -0.4 is 16.0 Å². The molecule has 4 atom stereocenters. The van der Waals surface area contributed by atoms with Crippen molar-refractivity contribution in [1.82, 2.24) is 10.2 Å². The fraction of sp³-hybridized carbons (Fsp3) is 0.552. The van der Waals surface area contributed by atoms with Gasteiger partial charge in [0.2, 0.25) is 5.78 Å². The fourth-order valence-corrected chi connectivity index (χ4v) is 6.49. The first-order valence-electron chi connectivity index (χ1n) is 13.5. The molecule has 1 aromatic carbocycles. The molecule has 3 aliphatic rings. The molecular weight excluding hydrogens is 516 g/mol. The van der Waals surface area contributed by atoms with Gasteiger partial charge in [-0.05, 0) is 63.4 Å². The lowest BCUT2D eigenvalue weighted by atomic mass is 9.57. The number of aromatic hydroxyl groups is 1. The van der Waals surface area contributed by atoms with Gasteiger partial charge in [-0.3, -0.25) is 19.3 Å². The zero-order chi connectivity index (χ0) is 29.8. The molecule has 1 saturated carbocycles. The maximum absolute atomic E-state index is 14.0. The molecule has 11 heteroatoms. The number of fused-ring (bicyclic) bond motifs is 3. The summed E-state index contributed by atoms with van der Waals surface area (Å²) in [6.07, 6.45) is 1.24. The fourth-order valence-electron chi connectivity index (χ4n) is 6.49. The topological polar surface area (TPSA) is 177 Å². The Hall–Kier alpha value is -3.41. The molecule has 40 heavy (non-hydrogen) atoms. The predicted molar refractivity (Wildman–Crippen MR) is 150 cm³/mol. The van der Waals surface area contributed by atoms with Crippen molar-refractivity contribution in [2.24, 2.45) is 23.5 Å². The second-order valence-electron chi connectivity index (χ2n) is 12.0. The van der Waals surface area contributed by atoms with Crippen molar-refractivity contribution in [1.29, 1.82) is 0 Å². The molecule has 1 unspecified atom stereocenters. The van der Waals surface area contributed by atoms with Crippen LogP contribution in [0.2, 0.25) is 0 Å². The minimum atomic E-state index is -2.65. The van der Waals surface area contributed by atoms with E-state index in [1.54, 1.807) is 14.1 Å². The van der Waals surface area contributed by atoms with Gasteiger partial charge in [0.15, 0.2) is 11.4 Å². The number of carbonyl (C=O) groups excluding carboxylic acids is 3. The largest absolute Gasteiger partial charge is 0.508 e. The molecule has 218 valence electrons. The predicted octanol–water partition coefficient (Wildman–Crippen LogP) is 1.17. The molecule has 4 rings (SSSR count). The highest BCUT2D eigenvalue weighted by Gasteiger charge is 2.64. The van der Waals surface area contributed by atoms with E-state index >= 15 is 0 Å². The lowest BCUT2D eigenvalue weighted by molar-refractivity contribution is -0.153. The van der Waals surface area contributed by atoms with Crippen LogP contribution in [0.4, 0.5) is 5.69 Å². The van der Waals surface area contributed by atoms with Gasteiger partial charge in [0.1, 0.15) is 22.8 Å². The standard InChI is InChI=1S/C29H40N4O7/c1-13(2)7-8-31-12-15-11-18(32(3)4)16-9-14-10-17-22(33(5)6)25(36)21(28(30)39)27(38)29(17,40)26(37)19(14)24(35)20(16)23(15)34/h11,13-14,17,22,31,34-35,38,40H,7-10,12H2,1-6H3,(H2,30,39)/t14-,17-,22?,29-/m0/s1. The Morgan fingerprint density at radius 2 is 1.82 bits per heavy atom. The number of aliphatic hydroxyl groups is 3. The Morgan fingerprint density at radius 1 is 1.18 bits per heavy atom. The molecule has 3 aliphatic carbocycles. The summed E-state index contributed by atoms with van der Waals surface area (Å²) >= 11 is 0. The number of phenolic OH excluding ortho intramolecular Hbond substituents is 1. The summed E-state index contributed by atoms with van der Waals surface area (Å²) in [4.78, 5) is 42.8. The number of nitrogens with two attached hydrogens (primary N) is 1. The lowest BCUT2D eigenvalue weighted by Crippen LogP contribution is -2.65. The van der Waals surface area contributed by atoms with Crippen LogP contribution in [0.1, 0.15) is 43.4 Å². The van der Waals surface area contributed by atoms with Gasteiger partial charge >= 0.3 is 0 Å². The monoisotopic (exact) mass is 556 g/mol. The summed E-state index contributed by atoms with van der Waals surface area (Å²) in [6.45, 7) is 5.29. The van der Waals surface area contributed by atoms with Crippen LogP contribution in [0.3, 0.4) is 0 Å². The highest BCUT2D eigenvalue weighted by atomic mass is 16.3.